The quantitative estimate of drug-likeness (QED) is 0.533. The molecule has 164 valence electrons. The maximum atomic E-state index is 14.0. The molecule has 0 radical (unpaired) electrons. The number of methoxy groups -OCH3 is 1. The second-order valence-corrected chi connectivity index (χ2v) is 9.46. The number of likely N-dealkylation sites (N-methyl/N-ethyl adjacent to an activating group) is 1. The minimum absolute atomic E-state index is 0.119. The number of hydrogen-bond acceptors (Lipinski definition) is 7. The monoisotopic (exact) mass is 424 g/mol. The van der Waals surface area contributed by atoms with Gasteiger partial charge < -0.3 is 19.1 Å². The van der Waals surface area contributed by atoms with Crippen LogP contribution in [0.5, 0.6) is 0 Å². The van der Waals surface area contributed by atoms with Gasteiger partial charge in [-0.25, -0.2) is 0 Å². The van der Waals surface area contributed by atoms with E-state index in [4.69, 9.17) is 14.2 Å². The summed E-state index contributed by atoms with van der Waals surface area (Å²) in [6.07, 6.45) is 2.43. The SMILES string of the molecule is CC=C1CN2CC[C@@]34c5ccccc5N(C)[C@@]23[C@@H]2C[C@@H]1[C@@]4(C(=O)OC)[C@H](OC(C)=O)O2. The molecule has 7 atom stereocenters. The third kappa shape index (κ3) is 1.72. The summed E-state index contributed by atoms with van der Waals surface area (Å²) in [4.78, 5) is 31.1. The predicted molar refractivity (Wildman–Crippen MR) is 112 cm³/mol. The fourth-order valence-electron chi connectivity index (χ4n) is 8.25. The Morgan fingerprint density at radius 1 is 1.29 bits per heavy atom. The van der Waals surface area contributed by atoms with E-state index in [1.54, 1.807) is 0 Å². The standard InChI is InChI=1S/C24H28N2O5/c1-5-15-13-26-11-10-22-16-8-6-7-9-18(16)25(3)24(22,26)19-12-17(15)23(22,20(28)29-4)21(31-19)30-14(2)27/h5-9,17,19,21H,10-13H2,1-4H3/t17-,19-,21+,22-,23+,24-/m0/s1. The molecular weight excluding hydrogens is 396 g/mol. The number of para-hydroxylation sites is 1. The Morgan fingerprint density at radius 2 is 2.06 bits per heavy atom. The summed E-state index contributed by atoms with van der Waals surface area (Å²) in [5.41, 5.74) is 1.17. The van der Waals surface area contributed by atoms with Gasteiger partial charge in [0.2, 0.25) is 6.29 Å². The van der Waals surface area contributed by atoms with Crippen LogP contribution in [0, 0.1) is 11.3 Å². The van der Waals surface area contributed by atoms with Crippen LogP contribution < -0.4 is 4.90 Å². The number of fused-ring (bicyclic) bond motifs is 3. The van der Waals surface area contributed by atoms with Crippen LogP contribution in [0.3, 0.4) is 0 Å². The van der Waals surface area contributed by atoms with E-state index in [-0.39, 0.29) is 18.0 Å². The highest BCUT2D eigenvalue weighted by Crippen LogP contribution is 2.78. The van der Waals surface area contributed by atoms with E-state index >= 15 is 0 Å². The molecule has 0 N–H and O–H groups in total. The lowest BCUT2D eigenvalue weighted by Gasteiger charge is -2.67. The Kier molecular flexibility index (Phi) is 3.67. The van der Waals surface area contributed by atoms with Crippen molar-refractivity contribution in [2.24, 2.45) is 11.3 Å². The van der Waals surface area contributed by atoms with Crippen molar-refractivity contribution in [3.8, 4) is 0 Å². The van der Waals surface area contributed by atoms with E-state index in [1.165, 1.54) is 19.6 Å². The topological polar surface area (TPSA) is 68.3 Å². The van der Waals surface area contributed by atoms with Gasteiger partial charge in [0.05, 0.1) is 12.5 Å². The summed E-state index contributed by atoms with van der Waals surface area (Å²) >= 11 is 0. The predicted octanol–water partition coefficient (Wildman–Crippen LogP) is 2.20. The van der Waals surface area contributed by atoms with Crippen molar-refractivity contribution in [3.05, 3.63) is 41.5 Å². The molecule has 7 aliphatic rings. The molecule has 1 aromatic carbocycles. The number of esters is 2. The van der Waals surface area contributed by atoms with E-state index < -0.39 is 28.8 Å². The third-order valence-electron chi connectivity index (χ3n) is 8.91. The minimum atomic E-state index is -1.16. The van der Waals surface area contributed by atoms with Crippen molar-refractivity contribution >= 4 is 17.6 Å². The molecule has 6 fully saturated rings. The van der Waals surface area contributed by atoms with E-state index in [0.717, 1.165) is 30.8 Å². The first-order chi connectivity index (χ1) is 14.9. The van der Waals surface area contributed by atoms with Crippen LogP contribution in [0.25, 0.3) is 0 Å². The Bertz CT molecular complexity index is 1040. The number of rotatable bonds is 2. The lowest BCUT2D eigenvalue weighted by Crippen LogP contribution is -2.83. The van der Waals surface area contributed by atoms with Crippen LogP contribution in [0.1, 0.15) is 32.3 Å². The zero-order valence-corrected chi connectivity index (χ0v) is 18.4. The number of allylic oxidation sites excluding steroid dienone is 1. The molecular formula is C24H28N2O5. The zero-order valence-electron chi connectivity index (χ0n) is 18.4. The molecule has 1 aliphatic carbocycles. The van der Waals surface area contributed by atoms with Crippen molar-refractivity contribution in [2.75, 3.05) is 32.1 Å². The maximum absolute atomic E-state index is 14.0. The summed E-state index contributed by atoms with van der Waals surface area (Å²) in [6.45, 7) is 5.02. The van der Waals surface area contributed by atoms with Crippen LogP contribution in [0.2, 0.25) is 0 Å². The summed E-state index contributed by atoms with van der Waals surface area (Å²) in [7, 11) is 3.55. The normalized spacial score (nSPS) is 44.8. The summed E-state index contributed by atoms with van der Waals surface area (Å²) in [6, 6.07) is 8.35. The van der Waals surface area contributed by atoms with E-state index in [0.29, 0.717) is 6.42 Å². The van der Waals surface area contributed by atoms with Gasteiger partial charge in [-0.05, 0) is 31.4 Å². The molecule has 6 aliphatic heterocycles. The second-order valence-electron chi connectivity index (χ2n) is 9.46. The Morgan fingerprint density at radius 3 is 2.77 bits per heavy atom. The number of anilines is 1. The van der Waals surface area contributed by atoms with Crippen LogP contribution in [-0.4, -0.2) is 62.1 Å². The van der Waals surface area contributed by atoms with Gasteiger partial charge in [-0.15, -0.1) is 0 Å². The Labute approximate surface area is 181 Å². The number of hydrogen-bond donors (Lipinski definition) is 0. The summed E-state index contributed by atoms with van der Waals surface area (Å²) in [5, 5.41) is 0. The summed E-state index contributed by atoms with van der Waals surface area (Å²) < 4.78 is 17.9. The molecule has 6 heterocycles. The molecule has 7 nitrogen and oxygen atoms in total. The smallest absolute Gasteiger partial charge is 0.319 e. The summed E-state index contributed by atoms with van der Waals surface area (Å²) in [5.74, 6) is -0.914. The second kappa shape index (κ2) is 5.90. The fourth-order valence-corrected chi connectivity index (χ4v) is 8.25. The van der Waals surface area contributed by atoms with Crippen molar-refractivity contribution in [1.29, 1.82) is 0 Å². The van der Waals surface area contributed by atoms with Gasteiger partial charge in [0, 0.05) is 38.7 Å². The van der Waals surface area contributed by atoms with E-state index in [9.17, 15) is 9.59 Å². The highest BCUT2D eigenvalue weighted by molar-refractivity contribution is 5.87. The van der Waals surface area contributed by atoms with Crippen molar-refractivity contribution in [1.82, 2.24) is 4.90 Å². The van der Waals surface area contributed by atoms with Crippen molar-refractivity contribution < 1.29 is 23.8 Å². The molecule has 1 aromatic rings. The molecule has 1 saturated carbocycles. The molecule has 1 spiro atoms. The first kappa shape index (κ1) is 19.3. The van der Waals surface area contributed by atoms with Gasteiger partial charge in [-0.3, -0.25) is 14.5 Å². The molecule has 0 aromatic heterocycles. The first-order valence-electron chi connectivity index (χ1n) is 11.1. The molecule has 1 unspecified atom stereocenters. The minimum Gasteiger partial charge on any atom is -0.468 e. The number of benzene rings is 1. The van der Waals surface area contributed by atoms with Gasteiger partial charge >= 0.3 is 11.9 Å². The lowest BCUT2D eigenvalue weighted by atomic mass is 9.43. The van der Waals surface area contributed by atoms with E-state index in [1.807, 2.05) is 19.1 Å². The van der Waals surface area contributed by atoms with Gasteiger partial charge in [0.25, 0.3) is 0 Å². The lowest BCUT2D eigenvalue weighted by molar-refractivity contribution is -0.334. The van der Waals surface area contributed by atoms with Crippen LogP contribution in [0.15, 0.2) is 35.9 Å². The van der Waals surface area contributed by atoms with Gasteiger partial charge in [-0.2, -0.15) is 0 Å². The van der Waals surface area contributed by atoms with Crippen LogP contribution in [0.4, 0.5) is 5.69 Å². The fraction of sp³-hybridized carbons (Fsp3) is 0.583. The number of carbonyl (C=O) groups excluding carboxylic acids is 2. The van der Waals surface area contributed by atoms with Gasteiger partial charge in [-0.1, -0.05) is 29.8 Å². The highest BCUT2D eigenvalue weighted by atomic mass is 16.7. The molecule has 7 heteroatoms. The molecule has 5 saturated heterocycles. The number of ether oxygens (including phenoxy) is 3. The van der Waals surface area contributed by atoms with Crippen LogP contribution >= 0.6 is 0 Å². The molecule has 31 heavy (non-hydrogen) atoms. The van der Waals surface area contributed by atoms with E-state index in [2.05, 4.69) is 35.1 Å². The number of carbonyl (C=O) groups is 2. The Hall–Kier alpha value is -2.38. The van der Waals surface area contributed by atoms with Gasteiger partial charge in [0.1, 0.15) is 17.2 Å². The largest absolute Gasteiger partial charge is 0.468 e. The molecule has 6 bridgehead atoms. The van der Waals surface area contributed by atoms with Crippen molar-refractivity contribution in [2.45, 2.75) is 50.2 Å². The highest BCUT2D eigenvalue weighted by Gasteiger charge is 2.90. The first-order valence-corrected chi connectivity index (χ1v) is 11.1. The van der Waals surface area contributed by atoms with Gasteiger partial charge in [0.15, 0.2) is 0 Å². The van der Waals surface area contributed by atoms with Crippen LogP contribution in [-0.2, 0) is 29.2 Å². The third-order valence-corrected chi connectivity index (χ3v) is 8.91. The average Bonchev–Trinajstić information content (AvgIpc) is 3.17. The maximum Gasteiger partial charge on any atom is 0.319 e. The number of nitrogens with zero attached hydrogens (tertiary/aromatic N) is 2. The average molecular weight is 424 g/mol. The molecule has 0 amide bonds. The molecule has 8 rings (SSSR count). The zero-order chi connectivity index (χ0) is 21.8. The Balaban J connectivity index is 1.77. The van der Waals surface area contributed by atoms with Crippen molar-refractivity contribution in [3.63, 3.8) is 0 Å².